The Hall–Kier alpha value is -2.14. The van der Waals surface area contributed by atoms with E-state index in [1.165, 1.54) is 5.56 Å². The van der Waals surface area contributed by atoms with Crippen molar-refractivity contribution in [2.45, 2.75) is 31.7 Å². The number of rotatable bonds is 4. The van der Waals surface area contributed by atoms with Crippen molar-refractivity contribution in [1.29, 1.82) is 0 Å². The molecule has 3 heterocycles. The highest BCUT2D eigenvalue weighted by Gasteiger charge is 2.31. The summed E-state index contributed by atoms with van der Waals surface area (Å²) in [5, 5.41) is 4.18. The van der Waals surface area contributed by atoms with Gasteiger partial charge in [0.1, 0.15) is 5.82 Å². The van der Waals surface area contributed by atoms with E-state index in [0.29, 0.717) is 6.42 Å². The number of hydrogen-bond donors (Lipinski definition) is 1. The van der Waals surface area contributed by atoms with Crippen LogP contribution in [0, 0.1) is 0 Å². The number of fused-ring (bicyclic) bond motifs is 1. The second-order valence-corrected chi connectivity index (χ2v) is 6.80. The molecule has 1 saturated heterocycles. The minimum Gasteiger partial charge on any atom is -0.340 e. The highest BCUT2D eigenvalue weighted by Crippen LogP contribution is 2.32. The van der Waals surface area contributed by atoms with Crippen LogP contribution in [0.1, 0.15) is 36.7 Å². The fraction of sp³-hybridized carbons (Fsp3) is 0.333. The van der Waals surface area contributed by atoms with Gasteiger partial charge in [0, 0.05) is 13.0 Å². The van der Waals surface area contributed by atoms with Gasteiger partial charge in [0.25, 0.3) is 0 Å². The van der Waals surface area contributed by atoms with Crippen LogP contribution in [0.25, 0.3) is 11.0 Å². The van der Waals surface area contributed by atoms with Gasteiger partial charge in [0.05, 0.1) is 17.1 Å². The summed E-state index contributed by atoms with van der Waals surface area (Å²) in [5.74, 6) is 1.16. The summed E-state index contributed by atoms with van der Waals surface area (Å²) in [7, 11) is 0. The fourth-order valence-corrected chi connectivity index (χ4v) is 4.01. The molecule has 1 atom stereocenters. The third-order valence-corrected chi connectivity index (χ3v) is 5.24. The zero-order chi connectivity index (χ0) is 15.6. The molecule has 0 saturated carbocycles. The van der Waals surface area contributed by atoms with Crippen molar-refractivity contribution in [3.8, 4) is 0 Å². The number of aromatic amines is 1. The quantitative estimate of drug-likeness (QED) is 0.790. The Bertz CT molecular complexity index is 776. The van der Waals surface area contributed by atoms with Crippen LogP contribution in [0.3, 0.4) is 0 Å². The predicted octanol–water partition coefficient (Wildman–Crippen LogP) is 3.92. The lowest BCUT2D eigenvalue weighted by atomic mass is 10.1. The Morgan fingerprint density at radius 3 is 3.09 bits per heavy atom. The van der Waals surface area contributed by atoms with Crippen molar-refractivity contribution in [1.82, 2.24) is 14.9 Å². The van der Waals surface area contributed by atoms with Crippen molar-refractivity contribution in [3.05, 3.63) is 52.5 Å². The summed E-state index contributed by atoms with van der Waals surface area (Å²) < 4.78 is 0. The maximum atomic E-state index is 12.6. The van der Waals surface area contributed by atoms with Crippen LogP contribution in [-0.2, 0) is 11.2 Å². The van der Waals surface area contributed by atoms with E-state index in [0.717, 1.165) is 42.7 Å². The first-order valence-corrected chi connectivity index (χ1v) is 9.01. The third-order valence-electron chi connectivity index (χ3n) is 4.50. The smallest absolute Gasteiger partial charge is 0.223 e. The first-order chi connectivity index (χ1) is 11.3. The van der Waals surface area contributed by atoms with E-state index in [2.05, 4.69) is 26.8 Å². The van der Waals surface area contributed by atoms with E-state index in [1.807, 2.05) is 29.2 Å². The summed E-state index contributed by atoms with van der Waals surface area (Å²) in [6, 6.07) is 10.2. The molecule has 0 bridgehead atoms. The normalized spacial score (nSPS) is 17.9. The number of imidazole rings is 1. The number of carbonyl (C=O) groups is 1. The van der Waals surface area contributed by atoms with Crippen molar-refractivity contribution >= 4 is 28.3 Å². The molecule has 0 unspecified atom stereocenters. The van der Waals surface area contributed by atoms with Gasteiger partial charge in [-0.2, -0.15) is 11.3 Å². The monoisotopic (exact) mass is 325 g/mol. The van der Waals surface area contributed by atoms with Crippen LogP contribution in [0.4, 0.5) is 0 Å². The predicted molar refractivity (Wildman–Crippen MR) is 92.4 cm³/mol. The Kier molecular flexibility index (Phi) is 3.87. The molecule has 1 aromatic carbocycles. The molecule has 4 rings (SSSR count). The van der Waals surface area contributed by atoms with Crippen molar-refractivity contribution in [2.24, 2.45) is 0 Å². The van der Waals surface area contributed by atoms with Crippen molar-refractivity contribution in [2.75, 3.05) is 6.54 Å². The zero-order valence-electron chi connectivity index (χ0n) is 12.9. The molecular formula is C18H19N3OS. The lowest BCUT2D eigenvalue weighted by Crippen LogP contribution is -2.31. The zero-order valence-corrected chi connectivity index (χ0v) is 13.7. The molecule has 1 N–H and O–H groups in total. The van der Waals surface area contributed by atoms with E-state index in [1.54, 1.807) is 11.3 Å². The highest BCUT2D eigenvalue weighted by atomic mass is 32.1. The van der Waals surface area contributed by atoms with Crippen LogP contribution >= 0.6 is 11.3 Å². The SMILES string of the molecule is O=C(CCc1ccsc1)N1CCC[C@@H]1c1nc2ccccc2[nH]1. The van der Waals surface area contributed by atoms with Gasteiger partial charge >= 0.3 is 0 Å². The van der Waals surface area contributed by atoms with Gasteiger partial charge in [-0.25, -0.2) is 4.98 Å². The Labute approximate surface area is 139 Å². The molecule has 0 spiro atoms. The fourth-order valence-electron chi connectivity index (χ4n) is 3.31. The lowest BCUT2D eigenvalue weighted by molar-refractivity contribution is -0.132. The Balaban J connectivity index is 1.50. The second kappa shape index (κ2) is 6.16. The maximum Gasteiger partial charge on any atom is 0.223 e. The minimum atomic E-state index is 0.0948. The van der Waals surface area contributed by atoms with Crippen molar-refractivity contribution < 1.29 is 4.79 Å². The molecule has 118 valence electrons. The minimum absolute atomic E-state index is 0.0948. The molecule has 4 nitrogen and oxygen atoms in total. The molecule has 1 amide bonds. The van der Waals surface area contributed by atoms with E-state index < -0.39 is 0 Å². The van der Waals surface area contributed by atoms with Crippen LogP contribution in [0.5, 0.6) is 0 Å². The number of carbonyl (C=O) groups excluding carboxylic acids is 1. The number of benzene rings is 1. The number of likely N-dealkylation sites (tertiary alicyclic amines) is 1. The van der Waals surface area contributed by atoms with Gasteiger partial charge in [-0.3, -0.25) is 4.79 Å². The van der Waals surface area contributed by atoms with Gasteiger partial charge in [-0.05, 0) is 53.8 Å². The summed E-state index contributed by atoms with van der Waals surface area (Å²) in [6.07, 6.45) is 3.44. The number of hydrogen-bond acceptors (Lipinski definition) is 3. The molecule has 5 heteroatoms. The van der Waals surface area contributed by atoms with Crippen LogP contribution in [-0.4, -0.2) is 27.3 Å². The van der Waals surface area contributed by atoms with Gasteiger partial charge in [-0.15, -0.1) is 0 Å². The third kappa shape index (κ3) is 2.88. The molecule has 2 aromatic heterocycles. The van der Waals surface area contributed by atoms with E-state index in [-0.39, 0.29) is 11.9 Å². The molecule has 23 heavy (non-hydrogen) atoms. The van der Waals surface area contributed by atoms with Gasteiger partial charge in [0.15, 0.2) is 0 Å². The Morgan fingerprint density at radius 1 is 1.35 bits per heavy atom. The van der Waals surface area contributed by atoms with Crippen LogP contribution < -0.4 is 0 Å². The summed E-state index contributed by atoms with van der Waals surface area (Å²) in [4.78, 5) is 22.7. The number of nitrogens with zero attached hydrogens (tertiary/aromatic N) is 2. The van der Waals surface area contributed by atoms with Gasteiger partial charge in [-0.1, -0.05) is 12.1 Å². The molecule has 1 fully saturated rings. The molecule has 1 aliphatic heterocycles. The number of amides is 1. The van der Waals surface area contributed by atoms with Crippen molar-refractivity contribution in [3.63, 3.8) is 0 Å². The first-order valence-electron chi connectivity index (χ1n) is 8.06. The number of para-hydroxylation sites is 2. The van der Waals surface area contributed by atoms with E-state index in [9.17, 15) is 4.79 Å². The average molecular weight is 325 g/mol. The first kappa shape index (κ1) is 14.5. The summed E-state index contributed by atoms with van der Waals surface area (Å²) in [5.41, 5.74) is 3.27. The summed E-state index contributed by atoms with van der Waals surface area (Å²) >= 11 is 1.68. The molecular weight excluding hydrogens is 306 g/mol. The number of thiophene rings is 1. The van der Waals surface area contributed by atoms with Gasteiger partial charge in [0.2, 0.25) is 5.91 Å². The topological polar surface area (TPSA) is 49.0 Å². The standard InChI is InChI=1S/C18H19N3OS/c22-17(8-7-13-9-11-23-12-13)21-10-3-6-16(21)18-19-14-4-1-2-5-15(14)20-18/h1-2,4-5,9,11-12,16H,3,6-8,10H2,(H,19,20)/t16-/m1/s1. The number of aromatic nitrogens is 2. The average Bonchev–Trinajstić information content (AvgIpc) is 3.31. The highest BCUT2D eigenvalue weighted by molar-refractivity contribution is 7.07. The number of aryl methyl sites for hydroxylation is 1. The number of nitrogens with one attached hydrogen (secondary N) is 1. The maximum absolute atomic E-state index is 12.6. The van der Waals surface area contributed by atoms with Gasteiger partial charge < -0.3 is 9.88 Å². The van der Waals surface area contributed by atoms with E-state index >= 15 is 0 Å². The number of H-pyrrole nitrogens is 1. The lowest BCUT2D eigenvalue weighted by Gasteiger charge is -2.23. The Morgan fingerprint density at radius 2 is 2.26 bits per heavy atom. The molecule has 3 aromatic rings. The molecule has 1 aliphatic rings. The second-order valence-electron chi connectivity index (χ2n) is 6.02. The molecule has 0 aliphatic carbocycles. The summed E-state index contributed by atoms with van der Waals surface area (Å²) in [6.45, 7) is 0.837. The van der Waals surface area contributed by atoms with Crippen LogP contribution in [0.2, 0.25) is 0 Å². The largest absolute Gasteiger partial charge is 0.340 e. The molecule has 0 radical (unpaired) electrons. The van der Waals surface area contributed by atoms with E-state index in [4.69, 9.17) is 0 Å². The van der Waals surface area contributed by atoms with Crippen LogP contribution in [0.15, 0.2) is 41.1 Å².